The Hall–Kier alpha value is -0.930. The van der Waals surface area contributed by atoms with E-state index in [-0.39, 0.29) is 0 Å². The Morgan fingerprint density at radius 3 is 2.47 bits per heavy atom. The van der Waals surface area contributed by atoms with E-state index in [1.165, 1.54) is 16.0 Å². The molecule has 0 bridgehead atoms. The van der Waals surface area contributed by atoms with Gasteiger partial charge in [0.2, 0.25) is 0 Å². The molecule has 2 aromatic carbocycles. The van der Waals surface area contributed by atoms with Crippen LogP contribution in [0.25, 0.3) is 0 Å². The van der Waals surface area contributed by atoms with Gasteiger partial charge < -0.3 is 5.73 Å². The van der Waals surface area contributed by atoms with Crippen LogP contribution >= 0.6 is 27.7 Å². The number of hydrogen-bond acceptors (Lipinski definition) is 2. The lowest BCUT2D eigenvalue weighted by Gasteiger charge is -2.04. The van der Waals surface area contributed by atoms with Crippen molar-refractivity contribution in [3.05, 3.63) is 58.1 Å². The smallest absolute Gasteiger partial charge is 0.0328 e. The van der Waals surface area contributed by atoms with E-state index in [0.717, 1.165) is 15.9 Å². The molecule has 0 fully saturated rings. The summed E-state index contributed by atoms with van der Waals surface area (Å²) in [6, 6.07) is 14.6. The fourth-order valence-corrected chi connectivity index (χ4v) is 2.95. The third-order valence-electron chi connectivity index (χ3n) is 2.41. The van der Waals surface area contributed by atoms with Gasteiger partial charge in [0, 0.05) is 20.8 Å². The van der Waals surface area contributed by atoms with Crippen LogP contribution in [0, 0.1) is 6.92 Å². The first-order valence-corrected chi connectivity index (χ1v) is 7.16. The molecule has 2 rings (SSSR count). The van der Waals surface area contributed by atoms with Crippen molar-refractivity contribution in [2.45, 2.75) is 17.6 Å². The third-order valence-corrected chi connectivity index (χ3v) is 3.95. The van der Waals surface area contributed by atoms with Crippen molar-refractivity contribution in [1.82, 2.24) is 0 Å². The zero-order chi connectivity index (χ0) is 12.3. The minimum Gasteiger partial charge on any atom is -0.399 e. The summed E-state index contributed by atoms with van der Waals surface area (Å²) in [6.45, 7) is 2.10. The van der Waals surface area contributed by atoms with Crippen LogP contribution in [0.3, 0.4) is 0 Å². The summed E-state index contributed by atoms with van der Waals surface area (Å²) < 4.78 is 1.04. The van der Waals surface area contributed by atoms with Gasteiger partial charge in [-0.2, -0.15) is 0 Å². The van der Waals surface area contributed by atoms with Crippen molar-refractivity contribution in [2.24, 2.45) is 0 Å². The second-order valence-electron chi connectivity index (χ2n) is 3.99. The van der Waals surface area contributed by atoms with E-state index in [0.29, 0.717) is 0 Å². The fraction of sp³-hybridized carbons (Fsp3) is 0.143. The molecule has 0 unspecified atom stereocenters. The molecular formula is C14H14BrNS. The molecule has 3 heteroatoms. The number of rotatable bonds is 3. The van der Waals surface area contributed by atoms with E-state index in [4.69, 9.17) is 5.73 Å². The van der Waals surface area contributed by atoms with E-state index in [1.54, 1.807) is 0 Å². The zero-order valence-electron chi connectivity index (χ0n) is 9.61. The maximum Gasteiger partial charge on any atom is 0.0328 e. The Kier molecular flexibility index (Phi) is 4.13. The van der Waals surface area contributed by atoms with Gasteiger partial charge in [-0.15, -0.1) is 11.8 Å². The van der Waals surface area contributed by atoms with Gasteiger partial charge in [-0.1, -0.05) is 33.6 Å². The van der Waals surface area contributed by atoms with Gasteiger partial charge in [0.25, 0.3) is 0 Å². The molecule has 1 nitrogen and oxygen atoms in total. The zero-order valence-corrected chi connectivity index (χ0v) is 12.0. The molecule has 17 heavy (non-hydrogen) atoms. The van der Waals surface area contributed by atoms with Crippen molar-refractivity contribution in [1.29, 1.82) is 0 Å². The van der Waals surface area contributed by atoms with E-state index >= 15 is 0 Å². The van der Waals surface area contributed by atoms with Gasteiger partial charge in [-0.3, -0.25) is 0 Å². The molecule has 2 aromatic rings. The Bertz CT molecular complexity index is 488. The predicted octanol–water partition coefficient (Wildman–Crippen LogP) is 4.63. The molecule has 0 heterocycles. The molecule has 0 aliphatic heterocycles. The maximum atomic E-state index is 5.81. The molecule has 0 aromatic heterocycles. The number of hydrogen-bond donors (Lipinski definition) is 1. The number of halogens is 1. The molecular weight excluding hydrogens is 294 g/mol. The summed E-state index contributed by atoms with van der Waals surface area (Å²) >= 11 is 5.28. The predicted molar refractivity (Wildman–Crippen MR) is 79.3 cm³/mol. The van der Waals surface area contributed by atoms with Crippen LogP contribution in [0.4, 0.5) is 5.69 Å². The van der Waals surface area contributed by atoms with Crippen LogP contribution in [0.1, 0.15) is 11.1 Å². The normalized spacial score (nSPS) is 10.5. The quantitative estimate of drug-likeness (QED) is 0.661. The van der Waals surface area contributed by atoms with Gasteiger partial charge in [0.05, 0.1) is 0 Å². The largest absolute Gasteiger partial charge is 0.399 e. The summed E-state index contributed by atoms with van der Waals surface area (Å²) in [4.78, 5) is 1.29. The summed E-state index contributed by atoms with van der Waals surface area (Å²) in [6.07, 6.45) is 0. The van der Waals surface area contributed by atoms with Gasteiger partial charge in [0.1, 0.15) is 0 Å². The van der Waals surface area contributed by atoms with Crippen molar-refractivity contribution in [3.63, 3.8) is 0 Å². The second-order valence-corrected chi connectivity index (χ2v) is 5.96. The maximum absolute atomic E-state index is 5.81. The first-order chi connectivity index (χ1) is 8.13. The Morgan fingerprint density at radius 1 is 1.12 bits per heavy atom. The summed E-state index contributed by atoms with van der Waals surface area (Å²) in [5.74, 6) is 0.937. The van der Waals surface area contributed by atoms with Crippen LogP contribution in [0.5, 0.6) is 0 Å². The van der Waals surface area contributed by atoms with Crippen molar-refractivity contribution < 1.29 is 0 Å². The highest BCUT2D eigenvalue weighted by Crippen LogP contribution is 2.26. The Labute approximate surface area is 115 Å². The number of aryl methyl sites for hydroxylation is 1. The highest BCUT2D eigenvalue weighted by atomic mass is 79.9. The van der Waals surface area contributed by atoms with Gasteiger partial charge in [0.15, 0.2) is 0 Å². The Morgan fingerprint density at radius 2 is 1.82 bits per heavy atom. The number of benzene rings is 2. The molecule has 2 N–H and O–H groups in total. The first kappa shape index (κ1) is 12.5. The standard InChI is InChI=1S/C14H14BrNS/c1-10-2-4-14(5-3-10)17-9-11-6-12(15)8-13(16)7-11/h2-8H,9,16H2,1H3. The highest BCUT2D eigenvalue weighted by Gasteiger charge is 1.99. The number of nitrogen functional groups attached to an aromatic ring is 1. The van der Waals surface area contributed by atoms with Crippen LogP contribution in [0.15, 0.2) is 51.8 Å². The molecule has 0 aliphatic carbocycles. The summed E-state index contributed by atoms with van der Waals surface area (Å²) in [5, 5.41) is 0. The van der Waals surface area contributed by atoms with E-state index in [2.05, 4.69) is 53.2 Å². The average molecular weight is 308 g/mol. The second kappa shape index (κ2) is 5.61. The molecule has 0 amide bonds. The van der Waals surface area contributed by atoms with Crippen LogP contribution < -0.4 is 5.73 Å². The van der Waals surface area contributed by atoms with Crippen molar-refractivity contribution in [3.8, 4) is 0 Å². The molecule has 0 atom stereocenters. The molecule has 0 aliphatic rings. The molecule has 0 spiro atoms. The molecule has 0 saturated carbocycles. The van der Waals surface area contributed by atoms with Crippen LogP contribution in [-0.2, 0) is 5.75 Å². The lowest BCUT2D eigenvalue weighted by Crippen LogP contribution is -1.88. The van der Waals surface area contributed by atoms with Crippen LogP contribution in [-0.4, -0.2) is 0 Å². The molecule has 88 valence electrons. The minimum atomic E-state index is 0.805. The van der Waals surface area contributed by atoms with Gasteiger partial charge in [-0.25, -0.2) is 0 Å². The molecule has 0 saturated heterocycles. The average Bonchev–Trinajstić information content (AvgIpc) is 2.27. The monoisotopic (exact) mass is 307 g/mol. The Balaban J connectivity index is 2.04. The third kappa shape index (κ3) is 3.79. The lowest BCUT2D eigenvalue weighted by atomic mass is 10.2. The van der Waals surface area contributed by atoms with Crippen molar-refractivity contribution >= 4 is 33.4 Å². The summed E-state index contributed by atoms with van der Waals surface area (Å²) in [7, 11) is 0. The van der Waals surface area contributed by atoms with Gasteiger partial charge >= 0.3 is 0 Å². The number of thioether (sulfide) groups is 1. The van der Waals surface area contributed by atoms with Crippen LogP contribution in [0.2, 0.25) is 0 Å². The minimum absolute atomic E-state index is 0.805. The highest BCUT2D eigenvalue weighted by molar-refractivity contribution is 9.10. The number of nitrogens with two attached hydrogens (primary N) is 1. The molecule has 0 radical (unpaired) electrons. The number of anilines is 1. The summed E-state index contributed by atoms with van der Waals surface area (Å²) in [5.41, 5.74) is 9.14. The first-order valence-electron chi connectivity index (χ1n) is 5.38. The van der Waals surface area contributed by atoms with Gasteiger partial charge in [-0.05, 0) is 42.8 Å². The van der Waals surface area contributed by atoms with E-state index in [1.807, 2.05) is 23.9 Å². The van der Waals surface area contributed by atoms with Crippen molar-refractivity contribution in [2.75, 3.05) is 5.73 Å². The van der Waals surface area contributed by atoms with E-state index < -0.39 is 0 Å². The lowest BCUT2D eigenvalue weighted by molar-refractivity contribution is 1.35. The topological polar surface area (TPSA) is 26.0 Å². The fourth-order valence-electron chi connectivity index (χ4n) is 1.56. The SMILES string of the molecule is Cc1ccc(SCc2cc(N)cc(Br)c2)cc1. The van der Waals surface area contributed by atoms with E-state index in [9.17, 15) is 0 Å².